The average Bonchev–Trinajstić information content (AvgIpc) is 2.69. The number of carboxylic acid groups (broad SMARTS) is 1. The molecule has 1 aromatic carbocycles. The summed E-state index contributed by atoms with van der Waals surface area (Å²) in [6.07, 6.45) is -3.55. The highest BCUT2D eigenvalue weighted by Gasteiger charge is 2.30. The zero-order chi connectivity index (χ0) is 14.9. The van der Waals surface area contributed by atoms with E-state index in [4.69, 9.17) is 5.11 Å². The highest BCUT2D eigenvalue weighted by Crippen LogP contribution is 2.29. The average molecular weight is 286 g/mol. The molecule has 0 atom stereocenters. The standard InChI is InChI=1S/C12H9F3N2O3/c13-12(14,15)8-3-1-2-7(4-8)6-17-10(11(19)20)9(18)5-16-17/h1-5,18H,6H2,(H,19,20). The summed E-state index contributed by atoms with van der Waals surface area (Å²) in [6, 6.07) is 4.47. The van der Waals surface area contributed by atoms with Crippen LogP contribution in [0.25, 0.3) is 0 Å². The largest absolute Gasteiger partial charge is 0.504 e. The van der Waals surface area contributed by atoms with Gasteiger partial charge >= 0.3 is 12.1 Å². The second-order valence-electron chi connectivity index (χ2n) is 4.04. The molecule has 0 unspecified atom stereocenters. The van der Waals surface area contributed by atoms with Crippen LogP contribution in [0.1, 0.15) is 21.6 Å². The quantitative estimate of drug-likeness (QED) is 0.908. The summed E-state index contributed by atoms with van der Waals surface area (Å²) < 4.78 is 38.6. The van der Waals surface area contributed by atoms with E-state index in [1.165, 1.54) is 12.1 Å². The molecule has 8 heteroatoms. The monoisotopic (exact) mass is 286 g/mol. The van der Waals surface area contributed by atoms with E-state index in [9.17, 15) is 23.1 Å². The third kappa shape index (κ3) is 2.73. The topological polar surface area (TPSA) is 75.3 Å². The number of nitrogens with zero attached hydrogens (tertiary/aromatic N) is 2. The van der Waals surface area contributed by atoms with Gasteiger partial charge in [0, 0.05) is 0 Å². The van der Waals surface area contributed by atoms with Crippen molar-refractivity contribution in [3.8, 4) is 5.75 Å². The van der Waals surface area contributed by atoms with Crippen molar-refractivity contribution in [3.63, 3.8) is 0 Å². The van der Waals surface area contributed by atoms with Crippen LogP contribution in [-0.2, 0) is 12.7 Å². The smallest absolute Gasteiger partial charge is 0.416 e. The van der Waals surface area contributed by atoms with Crippen LogP contribution < -0.4 is 0 Å². The van der Waals surface area contributed by atoms with Crippen molar-refractivity contribution in [1.29, 1.82) is 0 Å². The fourth-order valence-electron chi connectivity index (χ4n) is 1.73. The number of alkyl halides is 3. The van der Waals surface area contributed by atoms with E-state index in [1.807, 2.05) is 0 Å². The van der Waals surface area contributed by atoms with Crippen LogP contribution in [0.15, 0.2) is 30.5 Å². The van der Waals surface area contributed by atoms with Crippen LogP contribution in [-0.4, -0.2) is 26.0 Å². The summed E-state index contributed by atoms with van der Waals surface area (Å²) in [6.45, 7) is -0.188. The molecule has 0 spiro atoms. The molecule has 0 aliphatic heterocycles. The van der Waals surface area contributed by atoms with Gasteiger partial charge in [-0.3, -0.25) is 4.68 Å². The van der Waals surface area contributed by atoms with Gasteiger partial charge in [0.15, 0.2) is 11.4 Å². The molecule has 1 heterocycles. The minimum Gasteiger partial charge on any atom is -0.504 e. The van der Waals surface area contributed by atoms with Crippen molar-refractivity contribution in [2.75, 3.05) is 0 Å². The molecular formula is C12H9F3N2O3. The molecule has 2 N–H and O–H groups in total. The van der Waals surface area contributed by atoms with Crippen molar-refractivity contribution in [1.82, 2.24) is 9.78 Å². The van der Waals surface area contributed by atoms with Crippen molar-refractivity contribution in [2.45, 2.75) is 12.7 Å². The Labute approximate surface area is 110 Å². The van der Waals surface area contributed by atoms with Crippen LogP contribution in [0.2, 0.25) is 0 Å². The van der Waals surface area contributed by atoms with Gasteiger partial charge in [-0.25, -0.2) is 4.79 Å². The van der Waals surface area contributed by atoms with Gasteiger partial charge in [0.1, 0.15) is 0 Å². The van der Waals surface area contributed by atoms with Crippen LogP contribution in [0.3, 0.4) is 0 Å². The molecule has 0 radical (unpaired) electrons. The maximum absolute atomic E-state index is 12.6. The van der Waals surface area contributed by atoms with Crippen molar-refractivity contribution < 1.29 is 28.2 Å². The predicted molar refractivity (Wildman–Crippen MR) is 61.4 cm³/mol. The molecular weight excluding hydrogens is 277 g/mol. The lowest BCUT2D eigenvalue weighted by molar-refractivity contribution is -0.137. The third-order valence-corrected chi connectivity index (χ3v) is 2.61. The molecule has 106 valence electrons. The highest BCUT2D eigenvalue weighted by atomic mass is 19.4. The number of aromatic hydroxyl groups is 1. The number of aromatic nitrogens is 2. The number of halogens is 3. The summed E-state index contributed by atoms with van der Waals surface area (Å²) in [4.78, 5) is 10.9. The molecule has 5 nitrogen and oxygen atoms in total. The van der Waals surface area contributed by atoms with E-state index in [0.717, 1.165) is 23.0 Å². The minimum absolute atomic E-state index is 0.188. The summed E-state index contributed by atoms with van der Waals surface area (Å²) >= 11 is 0. The predicted octanol–water partition coefficient (Wildman–Crippen LogP) is 2.35. The van der Waals surface area contributed by atoms with E-state index in [-0.39, 0.29) is 12.1 Å². The molecule has 20 heavy (non-hydrogen) atoms. The first kappa shape index (κ1) is 13.9. The Kier molecular flexibility index (Phi) is 3.39. The number of carboxylic acids is 1. The van der Waals surface area contributed by atoms with Gasteiger partial charge in [0.05, 0.1) is 18.3 Å². The molecule has 2 aromatic rings. The Morgan fingerprint density at radius 3 is 2.65 bits per heavy atom. The number of rotatable bonds is 3. The summed E-state index contributed by atoms with van der Waals surface area (Å²) in [5, 5.41) is 21.8. The van der Waals surface area contributed by atoms with E-state index in [0.29, 0.717) is 0 Å². The second kappa shape index (κ2) is 4.87. The van der Waals surface area contributed by atoms with Gasteiger partial charge in [-0.2, -0.15) is 18.3 Å². The fraction of sp³-hybridized carbons (Fsp3) is 0.167. The molecule has 0 amide bonds. The first-order valence-electron chi connectivity index (χ1n) is 5.43. The van der Waals surface area contributed by atoms with Crippen LogP contribution in [0.5, 0.6) is 5.75 Å². The first-order valence-corrected chi connectivity index (χ1v) is 5.43. The number of aromatic carboxylic acids is 1. The molecule has 0 saturated carbocycles. The van der Waals surface area contributed by atoms with Gasteiger partial charge in [0.2, 0.25) is 0 Å². The van der Waals surface area contributed by atoms with E-state index < -0.39 is 29.2 Å². The molecule has 0 fully saturated rings. The molecule has 2 rings (SSSR count). The van der Waals surface area contributed by atoms with Crippen LogP contribution in [0, 0.1) is 0 Å². The fourth-order valence-corrected chi connectivity index (χ4v) is 1.73. The van der Waals surface area contributed by atoms with Gasteiger partial charge in [0.25, 0.3) is 0 Å². The van der Waals surface area contributed by atoms with Crippen LogP contribution >= 0.6 is 0 Å². The summed E-state index contributed by atoms with van der Waals surface area (Å²) in [7, 11) is 0. The lowest BCUT2D eigenvalue weighted by Gasteiger charge is -2.09. The number of benzene rings is 1. The van der Waals surface area contributed by atoms with Gasteiger partial charge in [-0.05, 0) is 17.7 Å². The Morgan fingerprint density at radius 2 is 2.05 bits per heavy atom. The summed E-state index contributed by atoms with van der Waals surface area (Å²) in [5.74, 6) is -1.95. The van der Waals surface area contributed by atoms with E-state index in [2.05, 4.69) is 5.10 Å². The van der Waals surface area contributed by atoms with Crippen molar-refractivity contribution in [2.24, 2.45) is 0 Å². The normalized spacial score (nSPS) is 11.6. The Morgan fingerprint density at radius 1 is 1.35 bits per heavy atom. The van der Waals surface area contributed by atoms with Crippen molar-refractivity contribution in [3.05, 3.63) is 47.3 Å². The maximum Gasteiger partial charge on any atom is 0.416 e. The third-order valence-electron chi connectivity index (χ3n) is 2.61. The lowest BCUT2D eigenvalue weighted by atomic mass is 10.1. The zero-order valence-electron chi connectivity index (χ0n) is 9.92. The molecule has 0 aliphatic carbocycles. The van der Waals surface area contributed by atoms with E-state index >= 15 is 0 Å². The van der Waals surface area contributed by atoms with Gasteiger partial charge in [-0.15, -0.1) is 0 Å². The Bertz CT molecular complexity index is 650. The maximum atomic E-state index is 12.6. The zero-order valence-corrected chi connectivity index (χ0v) is 9.92. The molecule has 0 aliphatic rings. The number of carbonyl (C=O) groups is 1. The Balaban J connectivity index is 2.34. The minimum atomic E-state index is -4.47. The van der Waals surface area contributed by atoms with Crippen LogP contribution in [0.4, 0.5) is 13.2 Å². The first-order chi connectivity index (χ1) is 9.29. The SMILES string of the molecule is O=C(O)c1c(O)cnn1Cc1cccc(C(F)(F)F)c1. The molecule has 0 saturated heterocycles. The number of hydrogen-bond donors (Lipinski definition) is 2. The molecule has 1 aromatic heterocycles. The van der Waals surface area contributed by atoms with E-state index in [1.54, 1.807) is 0 Å². The Hall–Kier alpha value is -2.51. The highest BCUT2D eigenvalue weighted by molar-refractivity contribution is 5.88. The summed E-state index contributed by atoms with van der Waals surface area (Å²) in [5.41, 5.74) is -1.07. The van der Waals surface area contributed by atoms with Gasteiger partial charge < -0.3 is 10.2 Å². The van der Waals surface area contributed by atoms with Gasteiger partial charge in [-0.1, -0.05) is 12.1 Å². The molecule has 0 bridgehead atoms. The lowest BCUT2D eigenvalue weighted by Crippen LogP contribution is -2.12. The number of hydrogen-bond acceptors (Lipinski definition) is 3. The van der Waals surface area contributed by atoms with Crippen molar-refractivity contribution >= 4 is 5.97 Å². The second-order valence-corrected chi connectivity index (χ2v) is 4.04.